The third kappa shape index (κ3) is 2.62. The summed E-state index contributed by atoms with van der Waals surface area (Å²) in [5.41, 5.74) is 0. The average molecular weight is 175 g/mol. The highest BCUT2D eigenvalue weighted by Crippen LogP contribution is 2.29. The fraction of sp³-hybridized carbons (Fsp3) is 0.600. The van der Waals surface area contributed by atoms with Crippen molar-refractivity contribution in [2.45, 2.75) is 0 Å². The van der Waals surface area contributed by atoms with Crippen LogP contribution in [0.5, 0.6) is 0 Å². The van der Waals surface area contributed by atoms with E-state index < -0.39 is 0 Å². The fourth-order valence-electron chi connectivity index (χ4n) is 0.414. The van der Waals surface area contributed by atoms with Crippen molar-refractivity contribution in [1.29, 1.82) is 0 Å². The molecule has 0 radical (unpaired) electrons. The molecule has 0 N–H and O–H groups in total. The van der Waals surface area contributed by atoms with Gasteiger partial charge >= 0.3 is 0 Å². The molecule has 5 heteroatoms. The molecule has 0 amide bonds. The number of nitrogens with zero attached hydrogens (tertiary/aromatic N) is 3. The first kappa shape index (κ1) is 7.94. The maximum absolute atomic E-state index is 4.13. The molecule has 0 atom stereocenters. The molecule has 0 unspecified atom stereocenters. The highest BCUT2D eigenvalue weighted by Gasteiger charge is 2.04. The summed E-state index contributed by atoms with van der Waals surface area (Å²) in [5, 5.41) is 0.874. The van der Waals surface area contributed by atoms with Crippen LogP contribution in [0.25, 0.3) is 0 Å². The monoisotopic (exact) mass is 175 g/mol. The van der Waals surface area contributed by atoms with Crippen LogP contribution in [0.3, 0.4) is 0 Å². The maximum atomic E-state index is 4.13. The van der Waals surface area contributed by atoms with Crippen LogP contribution < -0.4 is 0 Å². The second-order valence-electron chi connectivity index (χ2n) is 1.98. The molecule has 56 valence electrons. The third-order valence-corrected chi connectivity index (χ3v) is 2.64. The summed E-state index contributed by atoms with van der Waals surface area (Å²) in [6.07, 6.45) is 1.76. The van der Waals surface area contributed by atoms with Crippen LogP contribution in [-0.4, -0.2) is 36.4 Å². The third-order valence-electron chi connectivity index (χ3n) is 0.785. The van der Waals surface area contributed by atoms with Gasteiger partial charge in [0.1, 0.15) is 0 Å². The Bertz CT molecular complexity index is 164. The van der Waals surface area contributed by atoms with Crippen molar-refractivity contribution in [2.75, 3.05) is 20.0 Å². The number of aliphatic imine (C=N–C) groups is 2. The summed E-state index contributed by atoms with van der Waals surface area (Å²) in [6.45, 7) is 0. The van der Waals surface area contributed by atoms with Crippen LogP contribution in [0, 0.1) is 0 Å². The number of hydrogen-bond donors (Lipinski definition) is 0. The predicted octanol–water partition coefficient (Wildman–Crippen LogP) is 1.28. The fourth-order valence-corrected chi connectivity index (χ4v) is 1.96. The Kier molecular flexibility index (Phi) is 3.08. The van der Waals surface area contributed by atoms with E-state index in [0.29, 0.717) is 0 Å². The summed E-state index contributed by atoms with van der Waals surface area (Å²) < 4.78 is 0. The first-order valence-corrected chi connectivity index (χ1v) is 5.15. The smallest absolute Gasteiger partial charge is 0.196 e. The van der Waals surface area contributed by atoms with Gasteiger partial charge in [0.25, 0.3) is 0 Å². The standard InChI is InChI=1S/C5H9N3S2/c1-8(2)3-6-5-7-4-9-10-5/h3H,4H2,1-2H3. The van der Waals surface area contributed by atoms with Gasteiger partial charge in [-0.05, 0) is 10.8 Å². The van der Waals surface area contributed by atoms with Gasteiger partial charge in [0.15, 0.2) is 5.17 Å². The quantitative estimate of drug-likeness (QED) is 0.341. The van der Waals surface area contributed by atoms with Crippen molar-refractivity contribution in [1.82, 2.24) is 4.90 Å². The van der Waals surface area contributed by atoms with Crippen LogP contribution in [0.2, 0.25) is 0 Å². The first-order valence-electron chi connectivity index (χ1n) is 2.83. The average Bonchev–Trinajstić information content (AvgIpc) is 2.34. The van der Waals surface area contributed by atoms with Gasteiger partial charge in [-0.15, -0.1) is 0 Å². The number of amidine groups is 1. The summed E-state index contributed by atoms with van der Waals surface area (Å²) in [7, 11) is 7.22. The minimum absolute atomic E-state index is 0.838. The second-order valence-corrected chi connectivity index (χ2v) is 4.21. The maximum Gasteiger partial charge on any atom is 0.196 e. The van der Waals surface area contributed by atoms with Crippen molar-refractivity contribution in [2.24, 2.45) is 9.98 Å². The van der Waals surface area contributed by atoms with Crippen molar-refractivity contribution in [3.8, 4) is 0 Å². The van der Waals surface area contributed by atoms with E-state index in [1.807, 2.05) is 19.0 Å². The van der Waals surface area contributed by atoms with Gasteiger partial charge in [-0.2, -0.15) is 0 Å². The second kappa shape index (κ2) is 3.88. The molecule has 1 aliphatic heterocycles. The van der Waals surface area contributed by atoms with Crippen LogP contribution in [0.4, 0.5) is 0 Å². The van der Waals surface area contributed by atoms with Crippen molar-refractivity contribution in [3.05, 3.63) is 0 Å². The molecule has 0 spiro atoms. The lowest BCUT2D eigenvalue weighted by molar-refractivity contribution is 0.644. The van der Waals surface area contributed by atoms with E-state index in [4.69, 9.17) is 0 Å². The molecule has 1 rings (SSSR count). The lowest BCUT2D eigenvalue weighted by Crippen LogP contribution is -2.08. The molecule has 10 heavy (non-hydrogen) atoms. The zero-order chi connectivity index (χ0) is 7.40. The van der Waals surface area contributed by atoms with Crippen molar-refractivity contribution in [3.63, 3.8) is 0 Å². The van der Waals surface area contributed by atoms with Gasteiger partial charge in [0, 0.05) is 14.1 Å². The van der Waals surface area contributed by atoms with Gasteiger partial charge in [0.05, 0.1) is 12.2 Å². The van der Waals surface area contributed by atoms with Gasteiger partial charge in [-0.25, -0.2) is 9.98 Å². The van der Waals surface area contributed by atoms with Crippen molar-refractivity contribution >= 4 is 33.1 Å². The van der Waals surface area contributed by atoms with E-state index in [1.54, 1.807) is 27.9 Å². The highest BCUT2D eigenvalue weighted by molar-refractivity contribution is 8.82. The Hall–Kier alpha value is -0.160. The van der Waals surface area contributed by atoms with E-state index in [9.17, 15) is 0 Å². The van der Waals surface area contributed by atoms with Gasteiger partial charge in [-0.1, -0.05) is 10.8 Å². The minimum Gasteiger partial charge on any atom is -0.369 e. The van der Waals surface area contributed by atoms with Gasteiger partial charge in [-0.3, -0.25) is 0 Å². The SMILES string of the molecule is CN(C)C=NC1=NCSS1. The molecule has 0 fully saturated rings. The minimum atomic E-state index is 0.838. The molecule has 0 bridgehead atoms. The zero-order valence-electron chi connectivity index (χ0n) is 5.94. The largest absolute Gasteiger partial charge is 0.369 e. The van der Waals surface area contributed by atoms with E-state index >= 15 is 0 Å². The zero-order valence-corrected chi connectivity index (χ0v) is 7.58. The predicted molar refractivity (Wildman–Crippen MR) is 49.7 cm³/mol. The first-order chi connectivity index (χ1) is 4.79. The molecule has 3 nitrogen and oxygen atoms in total. The van der Waals surface area contributed by atoms with E-state index in [-0.39, 0.29) is 0 Å². The Morgan fingerprint density at radius 1 is 1.70 bits per heavy atom. The molecule has 1 heterocycles. The Balaban J connectivity index is 2.37. The Morgan fingerprint density at radius 2 is 2.50 bits per heavy atom. The van der Waals surface area contributed by atoms with Crippen LogP contribution in [0.15, 0.2) is 9.98 Å². The normalized spacial score (nSPS) is 18.0. The molecular weight excluding hydrogens is 166 g/mol. The molecule has 0 saturated heterocycles. The van der Waals surface area contributed by atoms with Crippen LogP contribution >= 0.6 is 21.6 Å². The summed E-state index contributed by atoms with van der Waals surface area (Å²) in [4.78, 5) is 10.1. The molecule has 1 aliphatic rings. The molecule has 0 aromatic carbocycles. The lowest BCUT2D eigenvalue weighted by atomic mass is 10.9. The molecule has 0 saturated carbocycles. The Morgan fingerprint density at radius 3 is 3.00 bits per heavy atom. The van der Waals surface area contributed by atoms with E-state index in [0.717, 1.165) is 11.0 Å². The summed E-state index contributed by atoms with van der Waals surface area (Å²) >= 11 is 0. The summed E-state index contributed by atoms with van der Waals surface area (Å²) in [6, 6.07) is 0. The van der Waals surface area contributed by atoms with Crippen LogP contribution in [-0.2, 0) is 0 Å². The molecule has 0 aliphatic carbocycles. The van der Waals surface area contributed by atoms with Crippen LogP contribution in [0.1, 0.15) is 0 Å². The molecular formula is C5H9N3S2. The Labute approximate surface area is 68.4 Å². The topological polar surface area (TPSA) is 28.0 Å². The van der Waals surface area contributed by atoms with Gasteiger partial charge < -0.3 is 4.90 Å². The number of hydrogen-bond acceptors (Lipinski definition) is 4. The van der Waals surface area contributed by atoms with E-state index in [1.165, 1.54) is 0 Å². The van der Waals surface area contributed by atoms with Crippen molar-refractivity contribution < 1.29 is 0 Å². The summed E-state index contributed by atoms with van der Waals surface area (Å²) in [5.74, 6) is 0.838. The number of rotatable bonds is 1. The highest BCUT2D eigenvalue weighted by atomic mass is 33.1. The molecule has 0 aromatic heterocycles. The van der Waals surface area contributed by atoms with Gasteiger partial charge in [0.2, 0.25) is 0 Å². The van der Waals surface area contributed by atoms with E-state index in [2.05, 4.69) is 9.98 Å². The molecule has 0 aromatic rings. The lowest BCUT2D eigenvalue weighted by Gasteiger charge is -2.00.